The molecule has 0 fully saturated rings. The Hall–Kier alpha value is -0.220. The van der Waals surface area contributed by atoms with Gasteiger partial charge in [-0.2, -0.15) is 0 Å². The molecule has 1 heterocycles. The zero-order chi connectivity index (χ0) is 12.3. The first-order valence-electron chi connectivity index (χ1n) is 4.76. The van der Waals surface area contributed by atoms with E-state index >= 15 is 0 Å². The molecule has 0 bridgehead atoms. The van der Waals surface area contributed by atoms with Crippen LogP contribution in [0.15, 0.2) is 6.07 Å². The van der Waals surface area contributed by atoms with E-state index in [1.807, 2.05) is 13.8 Å². The fourth-order valence-electron chi connectivity index (χ4n) is 1.19. The van der Waals surface area contributed by atoms with Crippen molar-refractivity contribution in [1.82, 2.24) is 4.98 Å². The van der Waals surface area contributed by atoms with Crippen molar-refractivity contribution in [3.05, 3.63) is 21.3 Å². The Bertz CT molecular complexity index is 383. The summed E-state index contributed by atoms with van der Waals surface area (Å²) in [7, 11) is 0. The van der Waals surface area contributed by atoms with Gasteiger partial charge in [-0.05, 0) is 26.3 Å². The van der Waals surface area contributed by atoms with Crippen LogP contribution in [-0.4, -0.2) is 22.2 Å². The van der Waals surface area contributed by atoms with Gasteiger partial charge in [0.25, 0.3) is 0 Å². The minimum Gasteiger partial charge on any atom is -0.396 e. The summed E-state index contributed by atoms with van der Waals surface area (Å²) in [6.07, 6.45) is 0.575. The molecule has 0 aliphatic heterocycles. The molecule has 1 aromatic rings. The Morgan fingerprint density at radius 2 is 1.94 bits per heavy atom. The fourth-order valence-corrected chi connectivity index (χ4v) is 1.74. The maximum absolute atomic E-state index is 8.91. The Morgan fingerprint density at radius 1 is 1.31 bits per heavy atom. The molecule has 0 aliphatic rings. The lowest BCUT2D eigenvalue weighted by atomic mass is 10.0. The molecule has 16 heavy (non-hydrogen) atoms. The maximum Gasteiger partial charge on any atom is 0.150 e. The van der Waals surface area contributed by atoms with Gasteiger partial charge in [0.1, 0.15) is 11.0 Å². The third-order valence-electron chi connectivity index (χ3n) is 2.08. The van der Waals surface area contributed by atoms with Gasteiger partial charge in [0, 0.05) is 12.1 Å². The van der Waals surface area contributed by atoms with Crippen molar-refractivity contribution in [2.24, 2.45) is 0 Å². The van der Waals surface area contributed by atoms with Crippen LogP contribution < -0.4 is 5.32 Å². The number of nitrogens with one attached hydrogen (secondary N) is 1. The molecule has 0 aliphatic carbocycles. The molecule has 1 aromatic heterocycles. The molecule has 2 N–H and O–H groups in total. The van der Waals surface area contributed by atoms with E-state index in [2.05, 4.69) is 10.3 Å². The number of hydrogen-bond acceptors (Lipinski definition) is 3. The Labute approximate surface area is 110 Å². The summed E-state index contributed by atoms with van der Waals surface area (Å²) in [6, 6.07) is 1.54. The number of hydrogen-bond donors (Lipinski definition) is 2. The van der Waals surface area contributed by atoms with Gasteiger partial charge in [-0.3, -0.25) is 0 Å². The van der Waals surface area contributed by atoms with Crippen LogP contribution in [-0.2, 0) is 0 Å². The van der Waals surface area contributed by atoms with Crippen molar-refractivity contribution in [3.8, 4) is 0 Å². The number of halogens is 3. The van der Waals surface area contributed by atoms with Gasteiger partial charge in [0.15, 0.2) is 0 Å². The Balaban J connectivity index is 2.93. The number of aromatic nitrogens is 1. The first-order chi connectivity index (χ1) is 7.35. The first-order valence-corrected chi connectivity index (χ1v) is 5.90. The van der Waals surface area contributed by atoms with Gasteiger partial charge in [0.2, 0.25) is 0 Å². The average Bonchev–Trinajstić information content (AvgIpc) is 2.13. The van der Waals surface area contributed by atoms with E-state index < -0.39 is 0 Å². The molecule has 1 rings (SSSR count). The molecule has 0 spiro atoms. The molecule has 0 amide bonds. The molecule has 0 atom stereocenters. The smallest absolute Gasteiger partial charge is 0.150 e. The molecular weight excluding hydrogens is 270 g/mol. The van der Waals surface area contributed by atoms with E-state index in [0.29, 0.717) is 22.3 Å². The van der Waals surface area contributed by atoms with Gasteiger partial charge in [-0.25, -0.2) is 4.98 Å². The number of nitrogens with zero attached hydrogens (tertiary/aromatic N) is 1. The first kappa shape index (κ1) is 13.8. The number of rotatable bonds is 4. The number of aliphatic hydroxyl groups is 1. The fraction of sp³-hybridized carbons (Fsp3) is 0.500. The van der Waals surface area contributed by atoms with E-state index in [0.717, 1.165) is 0 Å². The summed E-state index contributed by atoms with van der Waals surface area (Å²) in [5, 5.41) is 12.9. The van der Waals surface area contributed by atoms with E-state index in [1.54, 1.807) is 0 Å². The number of aliphatic hydroxyl groups excluding tert-OH is 1. The second-order valence-electron chi connectivity index (χ2n) is 4.07. The van der Waals surface area contributed by atoms with Crippen molar-refractivity contribution < 1.29 is 5.11 Å². The van der Waals surface area contributed by atoms with Crippen LogP contribution >= 0.6 is 34.8 Å². The van der Waals surface area contributed by atoms with E-state index in [1.165, 1.54) is 6.07 Å². The summed E-state index contributed by atoms with van der Waals surface area (Å²) in [4.78, 5) is 4.05. The van der Waals surface area contributed by atoms with Crippen LogP contribution in [0.1, 0.15) is 20.3 Å². The van der Waals surface area contributed by atoms with Gasteiger partial charge >= 0.3 is 0 Å². The zero-order valence-electron chi connectivity index (χ0n) is 9.02. The van der Waals surface area contributed by atoms with Crippen LogP contribution in [0.3, 0.4) is 0 Å². The molecule has 90 valence electrons. The molecule has 0 saturated carbocycles. The van der Waals surface area contributed by atoms with Crippen molar-refractivity contribution in [2.45, 2.75) is 25.8 Å². The predicted octanol–water partition coefficient (Wildman–Crippen LogP) is 3.61. The highest BCUT2D eigenvalue weighted by Crippen LogP contribution is 2.30. The highest BCUT2D eigenvalue weighted by atomic mass is 35.5. The SMILES string of the molecule is CC(C)(CCO)Nc1nc(Cl)c(Cl)cc1Cl. The lowest BCUT2D eigenvalue weighted by Crippen LogP contribution is -2.32. The third-order valence-corrected chi connectivity index (χ3v) is 3.04. The van der Waals surface area contributed by atoms with Crippen molar-refractivity contribution in [3.63, 3.8) is 0 Å². The van der Waals surface area contributed by atoms with Crippen LogP contribution in [0, 0.1) is 0 Å². The summed E-state index contributed by atoms with van der Waals surface area (Å²) in [5.41, 5.74) is -0.317. The Morgan fingerprint density at radius 3 is 2.50 bits per heavy atom. The van der Waals surface area contributed by atoms with Crippen LogP contribution in [0.4, 0.5) is 5.82 Å². The largest absolute Gasteiger partial charge is 0.396 e. The average molecular weight is 284 g/mol. The van der Waals surface area contributed by atoms with Crippen molar-refractivity contribution >= 4 is 40.6 Å². The van der Waals surface area contributed by atoms with Gasteiger partial charge < -0.3 is 10.4 Å². The number of anilines is 1. The molecule has 0 unspecified atom stereocenters. The lowest BCUT2D eigenvalue weighted by Gasteiger charge is -2.26. The minimum absolute atomic E-state index is 0.0823. The molecule has 0 radical (unpaired) electrons. The topological polar surface area (TPSA) is 45.1 Å². The van der Waals surface area contributed by atoms with Crippen LogP contribution in [0.2, 0.25) is 15.2 Å². The summed E-state index contributed by atoms with van der Waals surface area (Å²) in [5.74, 6) is 0.467. The van der Waals surface area contributed by atoms with Gasteiger partial charge in [0.05, 0.1) is 10.0 Å². The zero-order valence-corrected chi connectivity index (χ0v) is 11.3. The normalized spacial score (nSPS) is 11.6. The lowest BCUT2D eigenvalue weighted by molar-refractivity contribution is 0.260. The van der Waals surface area contributed by atoms with Crippen molar-refractivity contribution in [1.29, 1.82) is 0 Å². The number of pyridine rings is 1. The highest BCUT2D eigenvalue weighted by Gasteiger charge is 2.19. The molecule has 0 aromatic carbocycles. The van der Waals surface area contributed by atoms with Gasteiger partial charge in [-0.15, -0.1) is 0 Å². The van der Waals surface area contributed by atoms with Gasteiger partial charge in [-0.1, -0.05) is 34.8 Å². The highest BCUT2D eigenvalue weighted by molar-refractivity contribution is 6.42. The monoisotopic (exact) mass is 282 g/mol. The van der Waals surface area contributed by atoms with Crippen LogP contribution in [0.5, 0.6) is 0 Å². The quantitative estimate of drug-likeness (QED) is 0.830. The van der Waals surface area contributed by atoms with E-state index in [9.17, 15) is 0 Å². The molecular formula is C10H13Cl3N2O. The van der Waals surface area contributed by atoms with E-state index in [4.69, 9.17) is 39.9 Å². The van der Waals surface area contributed by atoms with Crippen molar-refractivity contribution in [2.75, 3.05) is 11.9 Å². The molecule has 6 heteroatoms. The third kappa shape index (κ3) is 3.67. The van der Waals surface area contributed by atoms with Crippen LogP contribution in [0.25, 0.3) is 0 Å². The Kier molecular flexibility index (Phi) is 4.68. The summed E-state index contributed by atoms with van der Waals surface area (Å²) in [6.45, 7) is 3.95. The second kappa shape index (κ2) is 5.41. The maximum atomic E-state index is 8.91. The molecule has 3 nitrogen and oxygen atoms in total. The van der Waals surface area contributed by atoms with E-state index in [-0.39, 0.29) is 17.3 Å². The molecule has 0 saturated heterocycles. The second-order valence-corrected chi connectivity index (χ2v) is 5.25. The summed E-state index contributed by atoms with van der Waals surface area (Å²) >= 11 is 17.5. The predicted molar refractivity (Wildman–Crippen MR) is 68.7 cm³/mol. The standard InChI is InChI=1S/C10H13Cl3N2O/c1-10(2,3-4-16)15-9-7(12)5-6(11)8(13)14-9/h5,16H,3-4H2,1-2H3,(H,14,15). The summed E-state index contributed by atoms with van der Waals surface area (Å²) < 4.78 is 0. The minimum atomic E-state index is -0.317.